The van der Waals surface area contributed by atoms with Gasteiger partial charge in [0.15, 0.2) is 5.16 Å². The van der Waals surface area contributed by atoms with Crippen molar-refractivity contribution in [2.45, 2.75) is 31.3 Å². The lowest BCUT2D eigenvalue weighted by Gasteiger charge is -2.12. The van der Waals surface area contributed by atoms with Crippen molar-refractivity contribution in [3.63, 3.8) is 0 Å². The highest BCUT2D eigenvalue weighted by atomic mass is 32.2. The highest BCUT2D eigenvalue weighted by molar-refractivity contribution is 7.98. The SMILES string of the molecule is CCOC(=O)Cn1ccc(=O)nc1SCc1ccc(OC)cc1C. The number of nitrogens with zero attached hydrogens (tertiary/aromatic N) is 2. The summed E-state index contributed by atoms with van der Waals surface area (Å²) in [4.78, 5) is 27.2. The van der Waals surface area contributed by atoms with E-state index in [0.717, 1.165) is 16.9 Å². The van der Waals surface area contributed by atoms with E-state index in [1.165, 1.54) is 17.8 Å². The highest BCUT2D eigenvalue weighted by Gasteiger charge is 2.10. The van der Waals surface area contributed by atoms with Gasteiger partial charge in [-0.1, -0.05) is 17.8 Å². The Morgan fingerprint density at radius 2 is 2.12 bits per heavy atom. The predicted octanol–water partition coefficient (Wildman–Crippen LogP) is 2.42. The molecule has 0 saturated heterocycles. The summed E-state index contributed by atoms with van der Waals surface area (Å²) in [6, 6.07) is 7.17. The molecule has 7 heteroatoms. The van der Waals surface area contributed by atoms with Gasteiger partial charge in [0.1, 0.15) is 12.3 Å². The first-order valence-electron chi connectivity index (χ1n) is 7.53. The normalized spacial score (nSPS) is 10.5. The van der Waals surface area contributed by atoms with Crippen LogP contribution in [-0.4, -0.2) is 29.2 Å². The Balaban J connectivity index is 2.15. The zero-order chi connectivity index (χ0) is 17.5. The summed E-state index contributed by atoms with van der Waals surface area (Å²) in [5.74, 6) is 1.08. The number of hydrogen-bond acceptors (Lipinski definition) is 6. The van der Waals surface area contributed by atoms with Crippen LogP contribution < -0.4 is 10.3 Å². The van der Waals surface area contributed by atoms with E-state index in [1.807, 2.05) is 25.1 Å². The summed E-state index contributed by atoms with van der Waals surface area (Å²) >= 11 is 1.41. The van der Waals surface area contributed by atoms with Crippen molar-refractivity contribution < 1.29 is 14.3 Å². The van der Waals surface area contributed by atoms with Crippen LogP contribution in [0.1, 0.15) is 18.1 Å². The molecule has 0 fully saturated rings. The Hall–Kier alpha value is -2.28. The first-order valence-corrected chi connectivity index (χ1v) is 8.51. The van der Waals surface area contributed by atoms with Gasteiger partial charge in [-0.05, 0) is 37.1 Å². The van der Waals surface area contributed by atoms with E-state index in [9.17, 15) is 9.59 Å². The van der Waals surface area contributed by atoms with Crippen molar-refractivity contribution in [1.29, 1.82) is 0 Å². The lowest BCUT2D eigenvalue weighted by Crippen LogP contribution is -2.19. The number of carbonyl (C=O) groups excluding carboxylic acids is 1. The number of hydrogen-bond donors (Lipinski definition) is 0. The molecule has 0 unspecified atom stereocenters. The van der Waals surface area contributed by atoms with E-state index in [4.69, 9.17) is 9.47 Å². The quantitative estimate of drug-likeness (QED) is 0.435. The van der Waals surface area contributed by atoms with E-state index in [0.29, 0.717) is 17.5 Å². The van der Waals surface area contributed by atoms with Crippen LogP contribution in [-0.2, 0) is 21.8 Å². The molecule has 0 N–H and O–H groups in total. The van der Waals surface area contributed by atoms with Gasteiger partial charge in [-0.25, -0.2) is 0 Å². The maximum absolute atomic E-state index is 11.7. The Morgan fingerprint density at radius 1 is 1.33 bits per heavy atom. The van der Waals surface area contributed by atoms with Crippen molar-refractivity contribution in [3.05, 3.63) is 51.9 Å². The molecule has 0 saturated carbocycles. The van der Waals surface area contributed by atoms with Crippen LogP contribution in [0.5, 0.6) is 5.75 Å². The molecular formula is C17H20N2O4S. The van der Waals surface area contributed by atoms with Gasteiger partial charge in [-0.15, -0.1) is 0 Å². The minimum Gasteiger partial charge on any atom is -0.497 e. The number of esters is 1. The average molecular weight is 348 g/mol. The van der Waals surface area contributed by atoms with Crippen LogP contribution in [0.3, 0.4) is 0 Å². The molecule has 24 heavy (non-hydrogen) atoms. The lowest BCUT2D eigenvalue weighted by atomic mass is 10.1. The van der Waals surface area contributed by atoms with Gasteiger partial charge >= 0.3 is 5.97 Å². The monoisotopic (exact) mass is 348 g/mol. The number of methoxy groups -OCH3 is 1. The highest BCUT2D eigenvalue weighted by Crippen LogP contribution is 2.24. The van der Waals surface area contributed by atoms with E-state index in [2.05, 4.69) is 4.98 Å². The fourth-order valence-corrected chi connectivity index (χ4v) is 3.15. The van der Waals surface area contributed by atoms with Crippen molar-refractivity contribution in [1.82, 2.24) is 9.55 Å². The molecular weight excluding hydrogens is 328 g/mol. The summed E-state index contributed by atoms with van der Waals surface area (Å²) < 4.78 is 11.8. The molecule has 1 heterocycles. The minimum absolute atomic E-state index is 0.0328. The number of aromatic nitrogens is 2. The van der Waals surface area contributed by atoms with Crippen LogP contribution in [0, 0.1) is 6.92 Å². The van der Waals surface area contributed by atoms with Gasteiger partial charge in [-0.2, -0.15) is 4.98 Å². The number of benzene rings is 1. The Bertz CT molecular complexity index is 773. The Labute approximate surface area is 144 Å². The number of ether oxygens (including phenoxy) is 2. The van der Waals surface area contributed by atoms with E-state index >= 15 is 0 Å². The molecule has 0 spiro atoms. The number of rotatable bonds is 7. The molecule has 1 aromatic heterocycles. The van der Waals surface area contributed by atoms with Crippen LogP contribution in [0.15, 0.2) is 40.4 Å². The second-order valence-corrected chi connectivity index (χ2v) is 6.00. The third-order valence-corrected chi connectivity index (χ3v) is 4.40. The largest absolute Gasteiger partial charge is 0.497 e. The smallest absolute Gasteiger partial charge is 0.326 e. The molecule has 128 valence electrons. The standard InChI is InChI=1S/C17H20N2O4S/c1-4-23-16(21)10-19-8-7-15(20)18-17(19)24-11-13-5-6-14(22-3)9-12(13)2/h5-9H,4,10-11H2,1-3H3. The molecule has 6 nitrogen and oxygen atoms in total. The topological polar surface area (TPSA) is 70.4 Å². The predicted molar refractivity (Wildman–Crippen MR) is 92.4 cm³/mol. The molecule has 0 bridgehead atoms. The third kappa shape index (κ3) is 4.86. The summed E-state index contributed by atoms with van der Waals surface area (Å²) in [6.07, 6.45) is 1.56. The van der Waals surface area contributed by atoms with E-state index in [1.54, 1.807) is 24.8 Å². The van der Waals surface area contributed by atoms with Crippen LogP contribution >= 0.6 is 11.8 Å². The summed E-state index contributed by atoms with van der Waals surface area (Å²) in [5, 5.41) is 0.491. The molecule has 0 aliphatic rings. The lowest BCUT2D eigenvalue weighted by molar-refractivity contribution is -0.144. The molecule has 0 atom stereocenters. The maximum atomic E-state index is 11.7. The van der Waals surface area contributed by atoms with E-state index in [-0.39, 0.29) is 18.1 Å². The first-order chi connectivity index (χ1) is 11.5. The number of aryl methyl sites for hydroxylation is 1. The Kier molecular flexibility index (Phi) is 6.43. The van der Waals surface area contributed by atoms with Gasteiger partial charge in [0.2, 0.25) is 0 Å². The van der Waals surface area contributed by atoms with Crippen molar-refractivity contribution in [3.8, 4) is 5.75 Å². The van der Waals surface area contributed by atoms with Crippen LogP contribution in [0.2, 0.25) is 0 Å². The number of thioether (sulfide) groups is 1. The van der Waals surface area contributed by atoms with Gasteiger partial charge in [-0.3, -0.25) is 9.59 Å². The molecule has 0 amide bonds. The number of carbonyl (C=O) groups is 1. The maximum Gasteiger partial charge on any atom is 0.326 e. The molecule has 2 rings (SSSR count). The average Bonchev–Trinajstić information content (AvgIpc) is 2.56. The van der Waals surface area contributed by atoms with Crippen LogP contribution in [0.4, 0.5) is 0 Å². The fraction of sp³-hybridized carbons (Fsp3) is 0.353. The van der Waals surface area contributed by atoms with Gasteiger partial charge in [0.25, 0.3) is 5.56 Å². The van der Waals surface area contributed by atoms with E-state index < -0.39 is 0 Å². The molecule has 0 radical (unpaired) electrons. The van der Waals surface area contributed by atoms with Gasteiger partial charge < -0.3 is 14.0 Å². The minimum atomic E-state index is -0.356. The first kappa shape index (κ1) is 18.1. The van der Waals surface area contributed by atoms with Crippen LogP contribution in [0.25, 0.3) is 0 Å². The van der Waals surface area contributed by atoms with Crippen molar-refractivity contribution in [2.75, 3.05) is 13.7 Å². The Morgan fingerprint density at radius 3 is 2.79 bits per heavy atom. The zero-order valence-electron chi connectivity index (χ0n) is 13.9. The summed E-state index contributed by atoms with van der Waals surface area (Å²) in [5.41, 5.74) is 1.88. The third-order valence-electron chi connectivity index (χ3n) is 3.36. The zero-order valence-corrected chi connectivity index (χ0v) is 14.8. The van der Waals surface area contributed by atoms with Crippen molar-refractivity contribution in [2.24, 2.45) is 0 Å². The second-order valence-electron chi connectivity index (χ2n) is 5.06. The molecule has 0 aliphatic carbocycles. The summed E-state index contributed by atoms with van der Waals surface area (Å²) in [7, 11) is 1.63. The fourth-order valence-electron chi connectivity index (χ4n) is 2.09. The van der Waals surface area contributed by atoms with Gasteiger partial charge in [0.05, 0.1) is 13.7 Å². The van der Waals surface area contributed by atoms with Gasteiger partial charge in [0, 0.05) is 18.0 Å². The molecule has 2 aromatic rings. The molecule has 0 aliphatic heterocycles. The van der Waals surface area contributed by atoms with Crippen molar-refractivity contribution >= 4 is 17.7 Å². The second kappa shape index (κ2) is 8.54. The molecule has 1 aromatic carbocycles. The summed E-state index contributed by atoms with van der Waals surface area (Å²) in [6.45, 7) is 4.11.